The number of hydrogen-bond acceptors (Lipinski definition) is 2. The fourth-order valence-corrected chi connectivity index (χ4v) is 1.93. The van der Waals surface area contributed by atoms with Crippen LogP contribution < -0.4 is 10.6 Å². The second-order valence-electron chi connectivity index (χ2n) is 3.89. The molecule has 1 atom stereocenters. The van der Waals surface area contributed by atoms with Crippen molar-refractivity contribution in [1.29, 1.82) is 0 Å². The highest BCUT2D eigenvalue weighted by atomic mass is 14.9. The van der Waals surface area contributed by atoms with Gasteiger partial charge < -0.3 is 10.6 Å². The molecule has 1 unspecified atom stereocenters. The van der Waals surface area contributed by atoms with Crippen molar-refractivity contribution in [3.63, 3.8) is 0 Å². The SMILES string of the molecule is c1ccc(NC2CCCNCC2)cc1. The second kappa shape index (κ2) is 5.01. The predicted octanol–water partition coefficient (Wildman–Crippen LogP) is 2.24. The molecule has 1 heterocycles. The first-order chi connectivity index (χ1) is 6.95. The smallest absolute Gasteiger partial charge is 0.0342 e. The van der Waals surface area contributed by atoms with Gasteiger partial charge in [0.15, 0.2) is 0 Å². The Bertz CT molecular complexity index is 250. The molecule has 0 spiro atoms. The van der Waals surface area contributed by atoms with E-state index in [1.165, 1.54) is 31.5 Å². The molecule has 0 radical (unpaired) electrons. The largest absolute Gasteiger partial charge is 0.382 e. The zero-order valence-corrected chi connectivity index (χ0v) is 8.50. The van der Waals surface area contributed by atoms with Crippen molar-refractivity contribution in [2.24, 2.45) is 0 Å². The highest BCUT2D eigenvalue weighted by molar-refractivity contribution is 5.43. The highest BCUT2D eigenvalue weighted by Crippen LogP contribution is 2.13. The van der Waals surface area contributed by atoms with E-state index in [9.17, 15) is 0 Å². The number of para-hydroxylation sites is 1. The fraction of sp³-hybridized carbons (Fsp3) is 0.500. The summed E-state index contributed by atoms with van der Waals surface area (Å²) in [5.41, 5.74) is 1.25. The quantitative estimate of drug-likeness (QED) is 0.747. The van der Waals surface area contributed by atoms with Gasteiger partial charge in [-0.05, 0) is 44.5 Å². The minimum absolute atomic E-state index is 0.646. The van der Waals surface area contributed by atoms with E-state index in [4.69, 9.17) is 0 Å². The summed E-state index contributed by atoms with van der Waals surface area (Å²) in [4.78, 5) is 0. The van der Waals surface area contributed by atoms with Crippen LogP contribution in [-0.4, -0.2) is 19.1 Å². The Morgan fingerprint density at radius 3 is 2.79 bits per heavy atom. The van der Waals surface area contributed by atoms with Crippen molar-refractivity contribution in [2.75, 3.05) is 18.4 Å². The summed E-state index contributed by atoms with van der Waals surface area (Å²) in [6.45, 7) is 2.32. The summed E-state index contributed by atoms with van der Waals surface area (Å²) >= 11 is 0. The molecule has 0 amide bonds. The first kappa shape index (κ1) is 9.53. The van der Waals surface area contributed by atoms with E-state index in [1.54, 1.807) is 0 Å². The molecule has 1 saturated heterocycles. The molecular weight excluding hydrogens is 172 g/mol. The van der Waals surface area contributed by atoms with Gasteiger partial charge in [0.2, 0.25) is 0 Å². The van der Waals surface area contributed by atoms with E-state index in [-0.39, 0.29) is 0 Å². The molecule has 0 aromatic heterocycles. The molecule has 0 aliphatic carbocycles. The van der Waals surface area contributed by atoms with Gasteiger partial charge in [0.05, 0.1) is 0 Å². The van der Waals surface area contributed by atoms with Gasteiger partial charge in [-0.3, -0.25) is 0 Å². The molecule has 1 aliphatic heterocycles. The number of nitrogens with one attached hydrogen (secondary N) is 2. The molecule has 0 saturated carbocycles. The van der Waals surface area contributed by atoms with Crippen LogP contribution >= 0.6 is 0 Å². The van der Waals surface area contributed by atoms with Crippen LogP contribution in [0.4, 0.5) is 5.69 Å². The molecule has 76 valence electrons. The lowest BCUT2D eigenvalue weighted by Crippen LogP contribution is -2.21. The van der Waals surface area contributed by atoms with Crippen molar-refractivity contribution in [2.45, 2.75) is 25.3 Å². The number of benzene rings is 1. The number of rotatable bonds is 2. The zero-order valence-electron chi connectivity index (χ0n) is 8.50. The topological polar surface area (TPSA) is 24.1 Å². The molecule has 1 fully saturated rings. The summed E-state index contributed by atoms with van der Waals surface area (Å²) in [5.74, 6) is 0. The molecular formula is C12H18N2. The highest BCUT2D eigenvalue weighted by Gasteiger charge is 2.10. The maximum atomic E-state index is 3.58. The van der Waals surface area contributed by atoms with E-state index in [0.29, 0.717) is 6.04 Å². The van der Waals surface area contributed by atoms with Gasteiger partial charge in [0, 0.05) is 11.7 Å². The second-order valence-corrected chi connectivity index (χ2v) is 3.89. The Kier molecular flexibility index (Phi) is 3.41. The van der Waals surface area contributed by atoms with E-state index in [2.05, 4.69) is 41.0 Å². The van der Waals surface area contributed by atoms with Crippen LogP contribution in [0.15, 0.2) is 30.3 Å². The van der Waals surface area contributed by atoms with Gasteiger partial charge in [-0.15, -0.1) is 0 Å². The van der Waals surface area contributed by atoms with Crippen molar-refractivity contribution in [3.8, 4) is 0 Å². The van der Waals surface area contributed by atoms with Crippen LogP contribution in [0.25, 0.3) is 0 Å². The van der Waals surface area contributed by atoms with Crippen LogP contribution in [0.2, 0.25) is 0 Å². The maximum absolute atomic E-state index is 3.58. The molecule has 2 heteroatoms. The standard InChI is InChI=1S/C12H18N2/c1-2-5-11(6-3-1)14-12-7-4-9-13-10-8-12/h1-3,5-6,12-14H,4,7-10H2. The first-order valence-corrected chi connectivity index (χ1v) is 5.47. The van der Waals surface area contributed by atoms with Crippen molar-refractivity contribution >= 4 is 5.69 Å². The summed E-state index contributed by atoms with van der Waals surface area (Å²) in [6, 6.07) is 11.1. The average molecular weight is 190 g/mol. The van der Waals surface area contributed by atoms with E-state index in [0.717, 1.165) is 6.54 Å². The third kappa shape index (κ3) is 2.74. The van der Waals surface area contributed by atoms with Gasteiger partial charge >= 0.3 is 0 Å². The molecule has 0 bridgehead atoms. The Labute approximate surface area is 85.7 Å². The van der Waals surface area contributed by atoms with E-state index in [1.807, 2.05) is 0 Å². The van der Waals surface area contributed by atoms with E-state index >= 15 is 0 Å². The Morgan fingerprint density at radius 1 is 1.07 bits per heavy atom. The lowest BCUT2D eigenvalue weighted by Gasteiger charge is -2.16. The van der Waals surface area contributed by atoms with Crippen molar-refractivity contribution in [1.82, 2.24) is 5.32 Å². The first-order valence-electron chi connectivity index (χ1n) is 5.47. The minimum atomic E-state index is 0.646. The van der Waals surface area contributed by atoms with Gasteiger partial charge in [0.25, 0.3) is 0 Å². The van der Waals surface area contributed by atoms with Gasteiger partial charge in [-0.25, -0.2) is 0 Å². The molecule has 1 aliphatic rings. The minimum Gasteiger partial charge on any atom is -0.382 e. The normalized spacial score (nSPS) is 22.7. The van der Waals surface area contributed by atoms with Gasteiger partial charge in [-0.1, -0.05) is 18.2 Å². The molecule has 2 N–H and O–H groups in total. The van der Waals surface area contributed by atoms with Crippen LogP contribution in [0.3, 0.4) is 0 Å². The van der Waals surface area contributed by atoms with Crippen LogP contribution in [0.5, 0.6) is 0 Å². The van der Waals surface area contributed by atoms with Crippen molar-refractivity contribution in [3.05, 3.63) is 30.3 Å². The summed E-state index contributed by atoms with van der Waals surface area (Å²) in [6.07, 6.45) is 3.79. The molecule has 2 nitrogen and oxygen atoms in total. The van der Waals surface area contributed by atoms with E-state index < -0.39 is 0 Å². The van der Waals surface area contributed by atoms with Gasteiger partial charge in [0.1, 0.15) is 0 Å². The summed E-state index contributed by atoms with van der Waals surface area (Å²) < 4.78 is 0. The number of anilines is 1. The predicted molar refractivity (Wildman–Crippen MR) is 60.6 cm³/mol. The maximum Gasteiger partial charge on any atom is 0.0342 e. The van der Waals surface area contributed by atoms with Crippen molar-refractivity contribution < 1.29 is 0 Å². The average Bonchev–Trinajstić information content (AvgIpc) is 2.48. The Morgan fingerprint density at radius 2 is 1.93 bits per heavy atom. The van der Waals surface area contributed by atoms with Crippen LogP contribution in [0, 0.1) is 0 Å². The summed E-state index contributed by atoms with van der Waals surface area (Å²) in [7, 11) is 0. The van der Waals surface area contributed by atoms with Crippen LogP contribution in [-0.2, 0) is 0 Å². The fourth-order valence-electron chi connectivity index (χ4n) is 1.93. The lowest BCUT2D eigenvalue weighted by molar-refractivity contribution is 0.637. The Hall–Kier alpha value is -1.02. The van der Waals surface area contributed by atoms with Crippen LogP contribution in [0.1, 0.15) is 19.3 Å². The molecule has 2 rings (SSSR count). The van der Waals surface area contributed by atoms with Gasteiger partial charge in [-0.2, -0.15) is 0 Å². The lowest BCUT2D eigenvalue weighted by atomic mass is 10.1. The monoisotopic (exact) mass is 190 g/mol. The third-order valence-corrected chi connectivity index (χ3v) is 2.72. The third-order valence-electron chi connectivity index (χ3n) is 2.72. The molecule has 1 aromatic carbocycles. The number of hydrogen-bond donors (Lipinski definition) is 2. The molecule has 1 aromatic rings. The Balaban J connectivity index is 1.90. The summed E-state index contributed by atoms with van der Waals surface area (Å²) in [5, 5.41) is 7.00. The molecule has 14 heavy (non-hydrogen) atoms. The zero-order chi connectivity index (χ0) is 9.64.